The molecule has 0 bridgehead atoms. The Labute approximate surface area is 91.2 Å². The number of aliphatic hydroxyl groups is 1. The van der Waals surface area contributed by atoms with E-state index in [-0.39, 0.29) is 11.6 Å². The van der Waals surface area contributed by atoms with Crippen LogP contribution in [0.15, 0.2) is 12.1 Å². The summed E-state index contributed by atoms with van der Waals surface area (Å²) in [7, 11) is 0. The smallest absolute Gasteiger partial charge is 0.0781 e. The van der Waals surface area contributed by atoms with E-state index in [4.69, 9.17) is 45.6 Å². The maximum atomic E-state index is 8.81. The van der Waals surface area contributed by atoms with Crippen molar-refractivity contribution in [2.45, 2.75) is 6.04 Å². The Kier molecular flexibility index (Phi) is 3.83. The minimum Gasteiger partial charge on any atom is -0.394 e. The Hall–Kier alpha value is 0.01000. The molecule has 1 aromatic rings. The highest BCUT2D eigenvalue weighted by molar-refractivity contribution is 6.48. The topological polar surface area (TPSA) is 46.2 Å². The van der Waals surface area contributed by atoms with Gasteiger partial charge in [-0.3, -0.25) is 0 Å². The van der Waals surface area contributed by atoms with Crippen molar-refractivity contribution in [2.24, 2.45) is 5.73 Å². The molecule has 5 heteroatoms. The lowest BCUT2D eigenvalue weighted by molar-refractivity contribution is 0.268. The van der Waals surface area contributed by atoms with Crippen LogP contribution in [0.3, 0.4) is 0 Å². The molecule has 13 heavy (non-hydrogen) atoms. The van der Waals surface area contributed by atoms with Crippen LogP contribution in [0, 0.1) is 0 Å². The van der Waals surface area contributed by atoms with Gasteiger partial charge in [0.15, 0.2) is 0 Å². The molecule has 1 aromatic carbocycles. The number of hydrogen-bond donors (Lipinski definition) is 2. The molecule has 0 saturated heterocycles. The largest absolute Gasteiger partial charge is 0.394 e. The first kappa shape index (κ1) is 11.1. The second-order valence-corrected chi connectivity index (χ2v) is 3.72. The minimum absolute atomic E-state index is 0.183. The molecule has 1 rings (SSSR count). The zero-order valence-electron chi connectivity index (χ0n) is 6.60. The summed E-state index contributed by atoms with van der Waals surface area (Å²) >= 11 is 17.4. The Balaban J connectivity index is 3.18. The summed E-state index contributed by atoms with van der Waals surface area (Å²) in [5.74, 6) is 0. The number of benzene rings is 1. The molecule has 0 aromatic heterocycles. The number of rotatable bonds is 2. The highest BCUT2D eigenvalue weighted by atomic mass is 35.5. The molecule has 0 fully saturated rings. The highest BCUT2D eigenvalue weighted by Crippen LogP contribution is 2.34. The van der Waals surface area contributed by atoms with Crippen molar-refractivity contribution in [3.8, 4) is 0 Å². The molecule has 1 atom stereocenters. The van der Waals surface area contributed by atoms with Crippen molar-refractivity contribution in [3.05, 3.63) is 32.8 Å². The summed E-state index contributed by atoms with van der Waals surface area (Å²) < 4.78 is 0. The number of hydrogen-bond acceptors (Lipinski definition) is 2. The first-order valence-corrected chi connectivity index (χ1v) is 4.71. The molecular formula is C8H8Cl3NO. The fourth-order valence-corrected chi connectivity index (χ4v) is 1.61. The average Bonchev–Trinajstić information content (AvgIpc) is 2.13. The summed E-state index contributed by atoms with van der Waals surface area (Å²) in [6, 6.07) is 2.72. The monoisotopic (exact) mass is 239 g/mol. The Morgan fingerprint density at radius 2 is 1.85 bits per heavy atom. The van der Waals surface area contributed by atoms with Gasteiger partial charge in [-0.2, -0.15) is 0 Å². The third-order valence-electron chi connectivity index (χ3n) is 1.66. The third kappa shape index (κ3) is 2.27. The van der Waals surface area contributed by atoms with Gasteiger partial charge in [0.1, 0.15) is 0 Å². The second kappa shape index (κ2) is 4.49. The Morgan fingerprint density at radius 3 is 2.38 bits per heavy atom. The van der Waals surface area contributed by atoms with Crippen molar-refractivity contribution >= 4 is 34.8 Å². The molecule has 72 valence electrons. The zero-order chi connectivity index (χ0) is 10.0. The molecule has 0 aliphatic rings. The van der Waals surface area contributed by atoms with Gasteiger partial charge in [-0.15, -0.1) is 0 Å². The average molecular weight is 241 g/mol. The summed E-state index contributed by atoms with van der Waals surface area (Å²) in [4.78, 5) is 0. The SMILES string of the molecule is NC(CO)c1ccc(Cl)c(Cl)c1Cl. The van der Waals surface area contributed by atoms with Crippen LogP contribution >= 0.6 is 34.8 Å². The predicted octanol–water partition coefficient (Wildman–Crippen LogP) is 2.64. The van der Waals surface area contributed by atoms with E-state index >= 15 is 0 Å². The molecule has 0 amide bonds. The van der Waals surface area contributed by atoms with Gasteiger partial charge in [0.2, 0.25) is 0 Å². The molecule has 0 heterocycles. The van der Waals surface area contributed by atoms with Crippen molar-refractivity contribution < 1.29 is 5.11 Å². The van der Waals surface area contributed by atoms with E-state index < -0.39 is 6.04 Å². The molecule has 1 unspecified atom stereocenters. The summed E-state index contributed by atoms with van der Waals surface area (Å²) in [5.41, 5.74) is 6.17. The quantitative estimate of drug-likeness (QED) is 0.781. The van der Waals surface area contributed by atoms with Crippen LogP contribution in [-0.2, 0) is 0 Å². The predicted molar refractivity (Wildman–Crippen MR) is 55.5 cm³/mol. The molecule has 3 N–H and O–H groups in total. The molecule has 0 aliphatic heterocycles. The van der Waals surface area contributed by atoms with Crippen LogP contribution < -0.4 is 5.73 Å². The maximum Gasteiger partial charge on any atom is 0.0781 e. The van der Waals surface area contributed by atoms with Crippen LogP contribution in [0.5, 0.6) is 0 Å². The fourth-order valence-electron chi connectivity index (χ4n) is 0.926. The Morgan fingerprint density at radius 1 is 1.23 bits per heavy atom. The van der Waals surface area contributed by atoms with Crippen molar-refractivity contribution in [2.75, 3.05) is 6.61 Å². The van der Waals surface area contributed by atoms with Crippen LogP contribution in [0.4, 0.5) is 0 Å². The normalized spacial score (nSPS) is 13.0. The molecule has 0 saturated carbocycles. The number of aliphatic hydroxyl groups excluding tert-OH is 1. The molecule has 0 aliphatic carbocycles. The van der Waals surface area contributed by atoms with Crippen LogP contribution in [-0.4, -0.2) is 11.7 Å². The van der Waals surface area contributed by atoms with Gasteiger partial charge >= 0.3 is 0 Å². The van der Waals surface area contributed by atoms with E-state index in [0.29, 0.717) is 15.6 Å². The molecule has 2 nitrogen and oxygen atoms in total. The minimum atomic E-state index is -0.526. The Bertz CT molecular complexity index is 317. The highest BCUT2D eigenvalue weighted by Gasteiger charge is 2.13. The van der Waals surface area contributed by atoms with Crippen molar-refractivity contribution in [1.29, 1.82) is 0 Å². The summed E-state index contributed by atoms with van der Waals surface area (Å²) in [5, 5.41) is 9.76. The van der Waals surface area contributed by atoms with Crippen molar-refractivity contribution in [1.82, 2.24) is 0 Å². The van der Waals surface area contributed by atoms with Gasteiger partial charge in [0.25, 0.3) is 0 Å². The van der Waals surface area contributed by atoms with E-state index in [1.807, 2.05) is 0 Å². The standard InChI is InChI=1S/C8H8Cl3NO/c9-5-2-1-4(6(12)3-13)7(10)8(5)11/h1-2,6,13H,3,12H2. The van der Waals surface area contributed by atoms with Crippen LogP contribution in [0.2, 0.25) is 15.1 Å². The first-order chi connectivity index (χ1) is 6.07. The van der Waals surface area contributed by atoms with Gasteiger partial charge in [-0.25, -0.2) is 0 Å². The van der Waals surface area contributed by atoms with E-state index in [0.717, 1.165) is 0 Å². The lowest BCUT2D eigenvalue weighted by atomic mass is 10.1. The van der Waals surface area contributed by atoms with Crippen LogP contribution in [0.25, 0.3) is 0 Å². The van der Waals surface area contributed by atoms with Gasteiger partial charge in [0, 0.05) is 0 Å². The first-order valence-electron chi connectivity index (χ1n) is 3.57. The molecular weight excluding hydrogens is 232 g/mol. The van der Waals surface area contributed by atoms with Crippen molar-refractivity contribution in [3.63, 3.8) is 0 Å². The number of nitrogens with two attached hydrogens (primary N) is 1. The van der Waals surface area contributed by atoms with Gasteiger partial charge in [-0.05, 0) is 11.6 Å². The van der Waals surface area contributed by atoms with Gasteiger partial charge in [-0.1, -0.05) is 40.9 Å². The van der Waals surface area contributed by atoms with E-state index in [1.165, 1.54) is 0 Å². The summed E-state index contributed by atoms with van der Waals surface area (Å²) in [6.45, 7) is -0.183. The fraction of sp³-hybridized carbons (Fsp3) is 0.250. The van der Waals surface area contributed by atoms with Crippen LogP contribution in [0.1, 0.15) is 11.6 Å². The molecule has 0 radical (unpaired) electrons. The molecule has 0 spiro atoms. The van der Waals surface area contributed by atoms with E-state index in [9.17, 15) is 0 Å². The van der Waals surface area contributed by atoms with E-state index in [1.54, 1.807) is 12.1 Å². The van der Waals surface area contributed by atoms with Gasteiger partial charge in [0.05, 0.1) is 27.7 Å². The lowest BCUT2D eigenvalue weighted by Gasteiger charge is -2.11. The lowest BCUT2D eigenvalue weighted by Crippen LogP contribution is -2.14. The van der Waals surface area contributed by atoms with Gasteiger partial charge < -0.3 is 10.8 Å². The van der Waals surface area contributed by atoms with E-state index in [2.05, 4.69) is 0 Å². The second-order valence-electron chi connectivity index (χ2n) is 2.55. The maximum absolute atomic E-state index is 8.81. The third-order valence-corrected chi connectivity index (χ3v) is 2.97. The zero-order valence-corrected chi connectivity index (χ0v) is 8.87. The summed E-state index contributed by atoms with van der Waals surface area (Å²) in [6.07, 6.45) is 0. The number of halogens is 3.